The second-order valence-corrected chi connectivity index (χ2v) is 9.63. The monoisotopic (exact) mass is 440 g/mol. The van der Waals surface area contributed by atoms with Crippen molar-refractivity contribution in [1.29, 1.82) is 0 Å². The predicted molar refractivity (Wildman–Crippen MR) is 119 cm³/mol. The zero-order chi connectivity index (χ0) is 22.7. The summed E-state index contributed by atoms with van der Waals surface area (Å²) in [5, 5.41) is 4.19. The first-order valence-electron chi connectivity index (χ1n) is 11.3. The minimum Gasteiger partial charge on any atom is -0.347 e. The summed E-state index contributed by atoms with van der Waals surface area (Å²) < 4.78 is 40.8. The summed E-state index contributed by atoms with van der Waals surface area (Å²) in [5.74, 6) is -0.0496. The van der Waals surface area contributed by atoms with Crippen molar-refractivity contribution < 1.29 is 18.0 Å². The highest BCUT2D eigenvalue weighted by Crippen LogP contribution is 2.68. The van der Waals surface area contributed by atoms with Crippen LogP contribution >= 0.6 is 0 Å². The lowest BCUT2D eigenvalue weighted by atomic mass is 9.38. The van der Waals surface area contributed by atoms with Crippen LogP contribution in [-0.2, 0) is 19.1 Å². The second kappa shape index (κ2) is 7.12. The van der Waals surface area contributed by atoms with Gasteiger partial charge in [-0.3, -0.25) is 4.79 Å². The summed E-state index contributed by atoms with van der Waals surface area (Å²) in [6.07, 6.45) is 2.38. The minimum atomic E-state index is -4.35. The molecule has 1 aromatic heterocycles. The lowest BCUT2D eigenvalue weighted by Crippen LogP contribution is -2.74. The van der Waals surface area contributed by atoms with Crippen LogP contribution in [0.25, 0.3) is 10.9 Å². The summed E-state index contributed by atoms with van der Waals surface area (Å²) in [6, 6.07) is 11.2. The Kier molecular flexibility index (Phi) is 4.70. The van der Waals surface area contributed by atoms with E-state index in [-0.39, 0.29) is 11.4 Å². The number of halogens is 3. The Labute approximate surface area is 185 Å². The van der Waals surface area contributed by atoms with E-state index in [0.29, 0.717) is 17.4 Å². The van der Waals surface area contributed by atoms with Crippen LogP contribution in [0.2, 0.25) is 0 Å². The highest BCUT2D eigenvalue weighted by atomic mass is 19.4. The van der Waals surface area contributed by atoms with Gasteiger partial charge < -0.3 is 9.88 Å². The molecule has 168 valence electrons. The molecule has 1 heterocycles. The van der Waals surface area contributed by atoms with Gasteiger partial charge in [0.1, 0.15) is 0 Å². The molecule has 1 N–H and O–H groups in total. The van der Waals surface area contributed by atoms with E-state index in [1.807, 2.05) is 31.3 Å². The highest BCUT2D eigenvalue weighted by molar-refractivity contribution is 6.08. The van der Waals surface area contributed by atoms with Crippen molar-refractivity contribution in [2.45, 2.75) is 64.2 Å². The number of fused-ring (bicyclic) bond motifs is 1. The van der Waals surface area contributed by atoms with Crippen molar-refractivity contribution in [1.82, 2.24) is 9.88 Å². The van der Waals surface area contributed by atoms with Crippen molar-refractivity contribution >= 4 is 16.8 Å². The van der Waals surface area contributed by atoms with Gasteiger partial charge in [-0.15, -0.1) is 0 Å². The Morgan fingerprint density at radius 1 is 1.06 bits per heavy atom. The predicted octanol–water partition coefficient (Wildman–Crippen LogP) is 6.33. The van der Waals surface area contributed by atoms with Crippen LogP contribution in [0.4, 0.5) is 13.2 Å². The third kappa shape index (κ3) is 3.31. The standard InChI is InChI=1S/C26H27F3N2O/c1-3-24-14-25(15-24,16-24)30-23(32)20-13-31(4-2)21-7-5-6-18(22(20)21)12-17-8-10-19(11-9-17)26(27,28)29/h5-11,13H,3-4,12,14-16H2,1-2H3,(H,30,32). The smallest absolute Gasteiger partial charge is 0.347 e. The van der Waals surface area contributed by atoms with Gasteiger partial charge >= 0.3 is 6.18 Å². The summed E-state index contributed by atoms with van der Waals surface area (Å²) in [7, 11) is 0. The first kappa shape index (κ1) is 21.1. The summed E-state index contributed by atoms with van der Waals surface area (Å²) in [5.41, 5.74) is 3.10. The van der Waals surface area contributed by atoms with E-state index in [1.54, 1.807) is 0 Å². The van der Waals surface area contributed by atoms with E-state index >= 15 is 0 Å². The van der Waals surface area contributed by atoms with E-state index in [1.165, 1.54) is 12.1 Å². The van der Waals surface area contributed by atoms with Crippen LogP contribution in [0, 0.1) is 5.41 Å². The number of rotatable bonds is 6. The number of hydrogen-bond donors (Lipinski definition) is 1. The number of aromatic nitrogens is 1. The van der Waals surface area contributed by atoms with E-state index in [4.69, 9.17) is 0 Å². The first-order valence-corrected chi connectivity index (χ1v) is 11.3. The molecule has 0 saturated heterocycles. The molecule has 0 atom stereocenters. The van der Waals surface area contributed by atoms with Crippen molar-refractivity contribution in [3.05, 3.63) is 70.9 Å². The number of carbonyl (C=O) groups excluding carboxylic acids is 1. The molecule has 2 aromatic carbocycles. The van der Waals surface area contributed by atoms with E-state index in [0.717, 1.165) is 66.4 Å². The molecule has 1 amide bonds. The molecular formula is C26H27F3N2O. The largest absolute Gasteiger partial charge is 0.416 e. The SMILES string of the molecule is CCn1cc(C(=O)NC23CC(CC)(C2)C3)c2c(Cc3ccc(C(F)(F)F)cc3)cccc21. The molecule has 3 aliphatic rings. The Morgan fingerprint density at radius 3 is 2.34 bits per heavy atom. The maximum atomic E-state index is 13.3. The molecule has 0 radical (unpaired) electrons. The molecule has 3 aliphatic carbocycles. The maximum Gasteiger partial charge on any atom is 0.416 e. The van der Waals surface area contributed by atoms with Crippen LogP contribution in [0.1, 0.15) is 66.6 Å². The van der Waals surface area contributed by atoms with Crippen LogP contribution in [-0.4, -0.2) is 16.0 Å². The Bertz CT molecular complexity index is 1170. The fourth-order valence-corrected chi connectivity index (χ4v) is 5.85. The van der Waals surface area contributed by atoms with Crippen molar-refractivity contribution in [2.75, 3.05) is 0 Å². The fraction of sp³-hybridized carbons (Fsp3) is 0.423. The quantitative estimate of drug-likeness (QED) is 0.477. The lowest BCUT2D eigenvalue weighted by Gasteiger charge is -2.70. The lowest BCUT2D eigenvalue weighted by molar-refractivity contribution is -0.149. The molecule has 0 spiro atoms. The molecule has 3 saturated carbocycles. The van der Waals surface area contributed by atoms with E-state index in [2.05, 4.69) is 16.8 Å². The number of alkyl halides is 3. The third-order valence-electron chi connectivity index (χ3n) is 7.52. The second-order valence-electron chi connectivity index (χ2n) is 9.63. The van der Waals surface area contributed by atoms with Gasteiger partial charge in [-0.05, 0) is 67.3 Å². The molecule has 6 rings (SSSR count). The van der Waals surface area contributed by atoms with Gasteiger partial charge in [0.2, 0.25) is 0 Å². The van der Waals surface area contributed by atoms with Crippen molar-refractivity contribution in [3.8, 4) is 0 Å². The van der Waals surface area contributed by atoms with Gasteiger partial charge in [-0.25, -0.2) is 0 Å². The Hall–Kier alpha value is -2.76. The molecule has 3 nitrogen and oxygen atoms in total. The van der Waals surface area contributed by atoms with Crippen molar-refractivity contribution in [2.24, 2.45) is 5.41 Å². The molecule has 32 heavy (non-hydrogen) atoms. The van der Waals surface area contributed by atoms with Crippen LogP contribution in [0.15, 0.2) is 48.7 Å². The average molecular weight is 441 g/mol. The molecular weight excluding hydrogens is 413 g/mol. The van der Waals surface area contributed by atoms with Gasteiger partial charge in [0.25, 0.3) is 5.91 Å². The molecule has 6 heteroatoms. The van der Waals surface area contributed by atoms with Gasteiger partial charge in [-0.2, -0.15) is 13.2 Å². The Morgan fingerprint density at radius 2 is 1.75 bits per heavy atom. The van der Waals surface area contributed by atoms with Crippen LogP contribution in [0.5, 0.6) is 0 Å². The normalized spacial score (nSPS) is 24.2. The van der Waals surface area contributed by atoms with Crippen molar-refractivity contribution in [3.63, 3.8) is 0 Å². The molecule has 3 aromatic rings. The zero-order valence-electron chi connectivity index (χ0n) is 18.4. The highest BCUT2D eigenvalue weighted by Gasteiger charge is 2.67. The van der Waals surface area contributed by atoms with Crippen LogP contribution < -0.4 is 5.32 Å². The fourth-order valence-electron chi connectivity index (χ4n) is 5.85. The third-order valence-corrected chi connectivity index (χ3v) is 7.52. The molecule has 0 unspecified atom stereocenters. The van der Waals surface area contributed by atoms with Gasteiger partial charge in [0.05, 0.1) is 11.1 Å². The molecule has 2 bridgehead atoms. The number of nitrogens with one attached hydrogen (secondary N) is 1. The zero-order valence-corrected chi connectivity index (χ0v) is 18.4. The number of benzene rings is 2. The number of amides is 1. The van der Waals surface area contributed by atoms with Gasteiger partial charge in [-0.1, -0.05) is 37.6 Å². The average Bonchev–Trinajstić information content (AvgIpc) is 3.09. The number of nitrogens with zero attached hydrogens (tertiary/aromatic N) is 1. The number of hydrogen-bond acceptors (Lipinski definition) is 1. The molecule has 0 aliphatic heterocycles. The number of aryl methyl sites for hydroxylation is 1. The van der Waals surface area contributed by atoms with Crippen LogP contribution in [0.3, 0.4) is 0 Å². The van der Waals surface area contributed by atoms with E-state index < -0.39 is 11.7 Å². The maximum absolute atomic E-state index is 13.3. The number of carbonyl (C=O) groups is 1. The Balaban J connectivity index is 1.46. The topological polar surface area (TPSA) is 34.0 Å². The summed E-state index contributed by atoms with van der Waals surface area (Å²) in [6.45, 7) is 4.99. The minimum absolute atomic E-state index is 0.0455. The van der Waals surface area contributed by atoms with Gasteiger partial charge in [0.15, 0.2) is 0 Å². The first-order chi connectivity index (χ1) is 15.2. The summed E-state index contributed by atoms with van der Waals surface area (Å²) in [4.78, 5) is 13.3. The summed E-state index contributed by atoms with van der Waals surface area (Å²) >= 11 is 0. The van der Waals surface area contributed by atoms with E-state index in [9.17, 15) is 18.0 Å². The molecule has 3 fully saturated rings. The van der Waals surface area contributed by atoms with Gasteiger partial charge in [0, 0.05) is 29.2 Å².